The summed E-state index contributed by atoms with van der Waals surface area (Å²) < 4.78 is 0. The summed E-state index contributed by atoms with van der Waals surface area (Å²) in [6, 6.07) is 9.91. The number of carbonyl (C=O) groups excluding carboxylic acids is 1. The van der Waals surface area contributed by atoms with Crippen LogP contribution in [0.3, 0.4) is 0 Å². The van der Waals surface area contributed by atoms with Gasteiger partial charge in [-0.15, -0.1) is 6.58 Å². The lowest BCUT2D eigenvalue weighted by Crippen LogP contribution is -2.16. The molecule has 1 rings (SSSR count). The molecule has 2 heteroatoms. The average molecular weight is 215 g/mol. The van der Waals surface area contributed by atoms with Gasteiger partial charge in [0.25, 0.3) is 0 Å². The predicted molar refractivity (Wildman–Crippen MR) is 67.7 cm³/mol. The van der Waals surface area contributed by atoms with Gasteiger partial charge in [0, 0.05) is 12.7 Å². The largest absolute Gasteiger partial charge is 0.321 e. The lowest BCUT2D eigenvalue weighted by molar-refractivity contribution is -0.115. The van der Waals surface area contributed by atoms with Crippen LogP contribution in [-0.2, 0) is 4.79 Å². The quantitative estimate of drug-likeness (QED) is 0.527. The summed E-state index contributed by atoms with van der Waals surface area (Å²) in [6.07, 6.45) is 5.39. The van der Waals surface area contributed by atoms with Gasteiger partial charge in [0.15, 0.2) is 0 Å². The molecular formula is C14H17NO. The highest BCUT2D eigenvalue weighted by Gasteiger charge is 1.96. The average Bonchev–Trinajstić information content (AvgIpc) is 2.30. The van der Waals surface area contributed by atoms with Crippen molar-refractivity contribution in [2.75, 3.05) is 6.54 Å². The van der Waals surface area contributed by atoms with Crippen LogP contribution in [-0.4, -0.2) is 17.9 Å². The first-order valence-corrected chi connectivity index (χ1v) is 5.31. The van der Waals surface area contributed by atoms with Gasteiger partial charge in [0.1, 0.15) is 0 Å². The maximum Gasteiger partial charge on any atom is 0.213 e. The lowest BCUT2D eigenvalue weighted by Gasteiger charge is -2.11. The van der Waals surface area contributed by atoms with Crippen LogP contribution >= 0.6 is 0 Å². The van der Waals surface area contributed by atoms with Crippen LogP contribution in [0.25, 0.3) is 6.08 Å². The molecule has 0 N–H and O–H groups in total. The Morgan fingerprint density at radius 2 is 2.06 bits per heavy atom. The molecule has 0 aliphatic rings. The Morgan fingerprint density at radius 1 is 1.38 bits per heavy atom. The molecule has 0 aliphatic carbocycles. The Morgan fingerprint density at radius 3 is 2.62 bits per heavy atom. The molecule has 0 spiro atoms. The molecule has 84 valence electrons. The summed E-state index contributed by atoms with van der Waals surface area (Å²) in [6.45, 7) is 6.46. The molecule has 0 unspecified atom stereocenters. The van der Waals surface area contributed by atoms with Gasteiger partial charge < -0.3 is 4.90 Å². The van der Waals surface area contributed by atoms with Crippen LogP contribution in [0.2, 0.25) is 0 Å². The van der Waals surface area contributed by atoms with E-state index in [0.717, 1.165) is 24.0 Å². The first-order chi connectivity index (χ1) is 7.72. The molecule has 0 saturated heterocycles. The molecular weight excluding hydrogens is 198 g/mol. The number of carbonyl (C=O) groups is 1. The molecule has 0 bridgehead atoms. The van der Waals surface area contributed by atoms with Gasteiger partial charge >= 0.3 is 0 Å². The minimum Gasteiger partial charge on any atom is -0.321 e. The van der Waals surface area contributed by atoms with E-state index in [1.165, 1.54) is 0 Å². The van der Waals surface area contributed by atoms with Gasteiger partial charge in [-0.3, -0.25) is 4.79 Å². The zero-order valence-electron chi connectivity index (χ0n) is 9.60. The number of amides is 1. The van der Waals surface area contributed by atoms with Crippen LogP contribution < -0.4 is 0 Å². The summed E-state index contributed by atoms with van der Waals surface area (Å²) in [5.41, 5.74) is 2.17. The molecule has 1 aromatic rings. The van der Waals surface area contributed by atoms with Crippen LogP contribution in [0.4, 0.5) is 0 Å². The summed E-state index contributed by atoms with van der Waals surface area (Å²) >= 11 is 0. The van der Waals surface area contributed by atoms with Crippen molar-refractivity contribution in [2.45, 2.75) is 13.3 Å². The van der Waals surface area contributed by atoms with E-state index in [2.05, 4.69) is 6.58 Å². The number of hydrogen-bond acceptors (Lipinski definition) is 1. The molecule has 0 saturated carbocycles. The van der Waals surface area contributed by atoms with Crippen molar-refractivity contribution >= 4 is 12.5 Å². The summed E-state index contributed by atoms with van der Waals surface area (Å²) in [5.74, 6) is 0. The van der Waals surface area contributed by atoms with E-state index in [1.54, 1.807) is 11.1 Å². The maximum absolute atomic E-state index is 10.8. The second-order valence-corrected chi connectivity index (χ2v) is 3.78. The minimum absolute atomic E-state index is 0.683. The number of nitrogens with zero attached hydrogens (tertiary/aromatic N) is 1. The van der Waals surface area contributed by atoms with Crippen molar-refractivity contribution in [1.29, 1.82) is 0 Å². The topological polar surface area (TPSA) is 20.3 Å². The Bertz CT molecular complexity index is 368. The molecule has 0 aromatic heterocycles. The maximum atomic E-state index is 10.8. The molecule has 0 fully saturated rings. The van der Waals surface area contributed by atoms with Crippen LogP contribution in [0.5, 0.6) is 0 Å². The van der Waals surface area contributed by atoms with Gasteiger partial charge in [0.2, 0.25) is 6.41 Å². The van der Waals surface area contributed by atoms with E-state index in [1.807, 2.05) is 43.3 Å². The molecule has 0 aliphatic heterocycles. The van der Waals surface area contributed by atoms with Gasteiger partial charge in [-0.05, 0) is 25.0 Å². The van der Waals surface area contributed by atoms with E-state index in [0.29, 0.717) is 6.54 Å². The van der Waals surface area contributed by atoms with Gasteiger partial charge in [0.05, 0.1) is 0 Å². The standard InChI is InChI=1S/C14H17NO/c1-13(2)8-10-15(12-16)11-9-14-6-4-3-5-7-14/h3-7,9,11-12H,1,8,10H2,2H3/b11-9+. The summed E-state index contributed by atoms with van der Waals surface area (Å²) in [7, 11) is 0. The molecule has 16 heavy (non-hydrogen) atoms. The van der Waals surface area contributed by atoms with E-state index >= 15 is 0 Å². The summed E-state index contributed by atoms with van der Waals surface area (Å²) in [5, 5.41) is 0. The molecule has 0 radical (unpaired) electrons. The number of hydrogen-bond donors (Lipinski definition) is 0. The zero-order chi connectivity index (χ0) is 11.8. The van der Waals surface area contributed by atoms with Crippen molar-refractivity contribution in [2.24, 2.45) is 0 Å². The van der Waals surface area contributed by atoms with E-state index in [4.69, 9.17) is 0 Å². The zero-order valence-corrected chi connectivity index (χ0v) is 9.60. The fourth-order valence-electron chi connectivity index (χ4n) is 1.23. The highest BCUT2D eigenvalue weighted by molar-refractivity contribution is 5.55. The lowest BCUT2D eigenvalue weighted by atomic mass is 10.2. The molecule has 0 atom stereocenters. The van der Waals surface area contributed by atoms with E-state index in [-0.39, 0.29) is 0 Å². The smallest absolute Gasteiger partial charge is 0.213 e. The van der Waals surface area contributed by atoms with Crippen LogP contribution in [0, 0.1) is 0 Å². The SMILES string of the molecule is C=C(C)CCN(C=O)/C=C/c1ccccc1. The molecule has 1 aromatic carbocycles. The fourth-order valence-corrected chi connectivity index (χ4v) is 1.23. The molecule has 1 amide bonds. The normalized spacial score (nSPS) is 10.3. The van der Waals surface area contributed by atoms with E-state index < -0.39 is 0 Å². The minimum atomic E-state index is 0.683. The second kappa shape index (κ2) is 6.62. The highest BCUT2D eigenvalue weighted by Crippen LogP contribution is 2.03. The van der Waals surface area contributed by atoms with Crippen LogP contribution in [0.1, 0.15) is 18.9 Å². The Labute approximate surface area is 96.9 Å². The van der Waals surface area contributed by atoms with Crippen molar-refractivity contribution in [3.8, 4) is 0 Å². The molecule has 2 nitrogen and oxygen atoms in total. The summed E-state index contributed by atoms with van der Waals surface area (Å²) in [4.78, 5) is 12.4. The monoisotopic (exact) mass is 215 g/mol. The Kier molecular flexibility index (Phi) is 5.06. The predicted octanol–water partition coefficient (Wildman–Crippen LogP) is 3.08. The third-order valence-electron chi connectivity index (χ3n) is 2.19. The fraction of sp³-hybridized carbons (Fsp3) is 0.214. The first kappa shape index (κ1) is 12.2. The Hall–Kier alpha value is -1.83. The van der Waals surface area contributed by atoms with Gasteiger partial charge in [-0.2, -0.15) is 0 Å². The molecule has 0 heterocycles. The Balaban J connectivity index is 2.53. The van der Waals surface area contributed by atoms with E-state index in [9.17, 15) is 4.79 Å². The van der Waals surface area contributed by atoms with Crippen molar-refractivity contribution in [1.82, 2.24) is 4.90 Å². The van der Waals surface area contributed by atoms with Crippen molar-refractivity contribution in [3.05, 3.63) is 54.2 Å². The number of benzene rings is 1. The number of rotatable bonds is 6. The van der Waals surface area contributed by atoms with Gasteiger partial charge in [-0.1, -0.05) is 35.9 Å². The third kappa shape index (κ3) is 4.60. The first-order valence-electron chi connectivity index (χ1n) is 5.31. The second-order valence-electron chi connectivity index (χ2n) is 3.78. The van der Waals surface area contributed by atoms with Crippen molar-refractivity contribution in [3.63, 3.8) is 0 Å². The highest BCUT2D eigenvalue weighted by atomic mass is 16.1. The van der Waals surface area contributed by atoms with Crippen molar-refractivity contribution < 1.29 is 4.79 Å². The third-order valence-corrected chi connectivity index (χ3v) is 2.19. The van der Waals surface area contributed by atoms with Crippen LogP contribution in [0.15, 0.2) is 48.7 Å². The van der Waals surface area contributed by atoms with Gasteiger partial charge in [-0.25, -0.2) is 0 Å².